The van der Waals surface area contributed by atoms with Gasteiger partial charge < -0.3 is 15.3 Å². The highest BCUT2D eigenvalue weighted by Gasteiger charge is 1.95. The molecule has 0 aromatic carbocycles. The molecule has 0 saturated carbocycles. The van der Waals surface area contributed by atoms with E-state index < -0.39 is 18.2 Å². The van der Waals surface area contributed by atoms with Gasteiger partial charge in [-0.3, -0.25) is 0 Å². The van der Waals surface area contributed by atoms with E-state index in [4.69, 9.17) is 11.5 Å². The van der Waals surface area contributed by atoms with E-state index in [1.807, 2.05) is 24.3 Å². The first-order chi connectivity index (χ1) is 25.1. The molecule has 0 aliphatic heterocycles. The topological polar surface area (TPSA) is 77.8 Å². The van der Waals surface area contributed by atoms with Crippen molar-refractivity contribution in [2.24, 2.45) is 0 Å². The average molecular weight is 697 g/mol. The molecule has 0 aromatic heterocycles. The molecule has 4 nitrogen and oxygen atoms in total. The zero-order valence-electron chi connectivity index (χ0n) is 31.6. The zero-order valence-corrected chi connectivity index (χ0v) is 31.6. The molecule has 51 heavy (non-hydrogen) atoms. The second-order valence-electron chi connectivity index (χ2n) is 13.0. The SMILES string of the molecule is C#C[C@@H](O)/C=C/CCCCCCC#C[C@H](O)C#C/C=C/CC/C=C\CCCC/C=C\CCCCCCCCCCCCCC/C=C\C#CC(=O)O. The van der Waals surface area contributed by atoms with E-state index in [-0.39, 0.29) is 0 Å². The molecule has 0 radical (unpaired) electrons. The summed E-state index contributed by atoms with van der Waals surface area (Å²) in [6.45, 7) is 0. The van der Waals surface area contributed by atoms with Crippen LogP contribution in [0, 0.1) is 47.9 Å². The first-order valence-corrected chi connectivity index (χ1v) is 19.9. The van der Waals surface area contributed by atoms with Gasteiger partial charge in [0.05, 0.1) is 0 Å². The molecule has 280 valence electrons. The van der Waals surface area contributed by atoms with Crippen molar-refractivity contribution in [1.82, 2.24) is 0 Å². The number of hydrogen-bond acceptors (Lipinski definition) is 3. The lowest BCUT2D eigenvalue weighted by Crippen LogP contribution is -1.97. The summed E-state index contributed by atoms with van der Waals surface area (Å²) in [5.41, 5.74) is 0. The molecular weight excluding hydrogens is 629 g/mol. The Hall–Kier alpha value is -3.67. The first-order valence-electron chi connectivity index (χ1n) is 19.9. The fourth-order valence-electron chi connectivity index (χ4n) is 5.31. The smallest absolute Gasteiger partial charge is 0.382 e. The Kier molecular flexibility index (Phi) is 37.8. The van der Waals surface area contributed by atoms with Gasteiger partial charge in [-0.1, -0.05) is 155 Å². The summed E-state index contributed by atoms with van der Waals surface area (Å²) in [7, 11) is 0. The number of carboxylic acid groups (broad SMARTS) is 1. The van der Waals surface area contributed by atoms with Crippen LogP contribution < -0.4 is 0 Å². The molecule has 0 aromatic rings. The summed E-state index contributed by atoms with van der Waals surface area (Å²) in [4.78, 5) is 10.3. The van der Waals surface area contributed by atoms with Crippen LogP contribution in [0.1, 0.15) is 167 Å². The standard InChI is InChI=1S/C47H68O4/c1-2-45(48)41-37-33-29-27-28-31-35-39-43-46(49)42-38-34-30-25-23-21-19-17-15-13-11-9-7-5-3-4-6-8-10-12-14-16-18-20-22-24-26-32-36-40-44-47(50)51/h1,7,9,19,21,30,32,34,36-37,41,45-46,48-49H,3-6,8,10-18,20,22-29,31,33,35H2,(H,50,51)/b9-7-,21-19-,34-30+,36-32-,41-37+/t45-,46-/m1/s1. The van der Waals surface area contributed by atoms with Crippen molar-refractivity contribution >= 4 is 5.97 Å². The molecule has 0 amide bonds. The number of aliphatic carboxylic acids is 1. The Balaban J connectivity index is 3.47. The van der Waals surface area contributed by atoms with Crippen molar-refractivity contribution in [3.05, 3.63) is 60.8 Å². The van der Waals surface area contributed by atoms with E-state index in [2.05, 4.69) is 65.7 Å². The molecule has 0 aliphatic carbocycles. The molecule has 0 aliphatic rings. The molecule has 0 rings (SSSR count). The van der Waals surface area contributed by atoms with Gasteiger partial charge in [0.2, 0.25) is 0 Å². The normalized spacial score (nSPS) is 12.5. The molecule has 0 heterocycles. The van der Waals surface area contributed by atoms with Gasteiger partial charge >= 0.3 is 5.97 Å². The Morgan fingerprint density at radius 2 is 0.922 bits per heavy atom. The molecule has 0 spiro atoms. The minimum Gasteiger partial charge on any atom is -0.472 e. The average Bonchev–Trinajstić information content (AvgIpc) is 3.12. The summed E-state index contributed by atoms with van der Waals surface area (Å²) in [5.74, 6) is 17.3. The highest BCUT2D eigenvalue weighted by molar-refractivity contribution is 5.86. The summed E-state index contributed by atoms with van der Waals surface area (Å²) in [6.07, 6.45) is 54.7. The quantitative estimate of drug-likeness (QED) is 0.0397. The lowest BCUT2D eigenvalue weighted by atomic mass is 10.0. The van der Waals surface area contributed by atoms with E-state index in [1.54, 1.807) is 12.2 Å². The summed E-state index contributed by atoms with van der Waals surface area (Å²) in [5, 5.41) is 27.6. The highest BCUT2D eigenvalue weighted by Crippen LogP contribution is 2.13. The molecule has 3 N–H and O–H groups in total. The third-order valence-corrected chi connectivity index (χ3v) is 8.27. The number of aliphatic hydroxyl groups is 2. The molecule has 0 fully saturated rings. The Labute approximate surface area is 313 Å². The second-order valence-corrected chi connectivity index (χ2v) is 13.0. The maximum absolute atomic E-state index is 10.3. The third kappa shape index (κ3) is 42.4. The largest absolute Gasteiger partial charge is 0.472 e. The number of allylic oxidation sites excluding steroid dienone is 9. The highest BCUT2D eigenvalue weighted by atomic mass is 16.4. The van der Waals surface area contributed by atoms with Crippen molar-refractivity contribution in [2.45, 2.75) is 179 Å². The lowest BCUT2D eigenvalue weighted by Gasteiger charge is -2.02. The fraction of sp³-hybridized carbons (Fsp3) is 0.596. The molecule has 0 bridgehead atoms. The van der Waals surface area contributed by atoms with Crippen molar-refractivity contribution in [1.29, 1.82) is 0 Å². The summed E-state index contributed by atoms with van der Waals surface area (Å²) < 4.78 is 0. The Morgan fingerprint density at radius 3 is 1.47 bits per heavy atom. The minimum absolute atomic E-state index is 0.771. The first kappa shape index (κ1) is 47.3. The lowest BCUT2D eigenvalue weighted by molar-refractivity contribution is -0.130. The van der Waals surface area contributed by atoms with Gasteiger partial charge in [0.15, 0.2) is 6.10 Å². The predicted octanol–water partition coefficient (Wildman–Crippen LogP) is 11.4. The second kappa shape index (κ2) is 40.8. The summed E-state index contributed by atoms with van der Waals surface area (Å²) in [6, 6.07) is 0. The van der Waals surface area contributed by atoms with Crippen molar-refractivity contribution in [2.75, 3.05) is 0 Å². The number of terminal acetylenes is 1. The zero-order chi connectivity index (χ0) is 37.1. The molecule has 0 saturated heterocycles. The van der Waals surface area contributed by atoms with Crippen LogP contribution >= 0.6 is 0 Å². The van der Waals surface area contributed by atoms with Crippen LogP contribution in [-0.2, 0) is 4.79 Å². The van der Waals surface area contributed by atoms with Crippen LogP contribution in [0.5, 0.6) is 0 Å². The van der Waals surface area contributed by atoms with Crippen molar-refractivity contribution < 1.29 is 20.1 Å². The van der Waals surface area contributed by atoms with Gasteiger partial charge in [0, 0.05) is 12.3 Å². The van der Waals surface area contributed by atoms with Crippen molar-refractivity contribution in [3.63, 3.8) is 0 Å². The van der Waals surface area contributed by atoms with Crippen LogP contribution in [0.15, 0.2) is 60.8 Å². The maximum atomic E-state index is 10.3. The molecule has 2 atom stereocenters. The van der Waals surface area contributed by atoms with E-state index in [0.717, 1.165) is 70.6 Å². The summed E-state index contributed by atoms with van der Waals surface area (Å²) >= 11 is 0. The van der Waals surface area contributed by atoms with Crippen LogP contribution in [-0.4, -0.2) is 33.5 Å². The van der Waals surface area contributed by atoms with E-state index in [0.29, 0.717) is 0 Å². The predicted molar refractivity (Wildman–Crippen MR) is 218 cm³/mol. The molecule has 4 heteroatoms. The van der Waals surface area contributed by atoms with E-state index >= 15 is 0 Å². The Bertz CT molecular complexity index is 1210. The van der Waals surface area contributed by atoms with Crippen LogP contribution in [0.25, 0.3) is 0 Å². The number of carbonyl (C=O) groups is 1. The number of carboxylic acids is 1. The van der Waals surface area contributed by atoms with Gasteiger partial charge in [0.25, 0.3) is 0 Å². The van der Waals surface area contributed by atoms with Crippen LogP contribution in [0.3, 0.4) is 0 Å². The number of aliphatic hydroxyl groups excluding tert-OH is 2. The van der Waals surface area contributed by atoms with Crippen molar-refractivity contribution in [3.8, 4) is 47.9 Å². The number of rotatable bonds is 30. The monoisotopic (exact) mass is 697 g/mol. The van der Waals surface area contributed by atoms with E-state index in [1.165, 1.54) is 96.3 Å². The van der Waals surface area contributed by atoms with Crippen LogP contribution in [0.4, 0.5) is 0 Å². The maximum Gasteiger partial charge on any atom is 0.382 e. The fourth-order valence-corrected chi connectivity index (χ4v) is 5.31. The minimum atomic E-state index is -1.07. The van der Waals surface area contributed by atoms with Gasteiger partial charge in [-0.05, 0) is 102 Å². The number of hydrogen-bond donors (Lipinski definition) is 3. The Morgan fingerprint density at radius 1 is 0.510 bits per heavy atom. The van der Waals surface area contributed by atoms with Crippen LogP contribution in [0.2, 0.25) is 0 Å². The molecule has 0 unspecified atom stereocenters. The van der Waals surface area contributed by atoms with E-state index in [9.17, 15) is 15.0 Å². The van der Waals surface area contributed by atoms with Gasteiger partial charge in [-0.25, -0.2) is 4.79 Å². The van der Waals surface area contributed by atoms with Gasteiger partial charge in [-0.2, -0.15) is 0 Å². The van der Waals surface area contributed by atoms with Gasteiger partial charge in [-0.15, -0.1) is 6.42 Å². The number of unbranched alkanes of at least 4 members (excludes halogenated alkanes) is 22. The van der Waals surface area contributed by atoms with Gasteiger partial charge in [0.1, 0.15) is 6.10 Å². The third-order valence-electron chi connectivity index (χ3n) is 8.27. The molecular formula is C47H68O4.